The normalized spacial score (nSPS) is 16.5. The zero-order chi connectivity index (χ0) is 39.6. The van der Waals surface area contributed by atoms with E-state index in [1.165, 1.54) is 18.7 Å². The van der Waals surface area contributed by atoms with Gasteiger partial charge in [-0.25, -0.2) is 9.59 Å². The number of H-pyrrole nitrogens is 1. The third-order valence-electron chi connectivity index (χ3n) is 8.95. The molecule has 14 heteroatoms. The molecule has 1 aliphatic heterocycles. The molecule has 3 aromatic rings. The number of amides is 5. The van der Waals surface area contributed by atoms with Gasteiger partial charge in [-0.05, 0) is 77.0 Å². The predicted molar refractivity (Wildman–Crippen MR) is 203 cm³/mol. The van der Waals surface area contributed by atoms with E-state index in [1.54, 1.807) is 27.0 Å². The van der Waals surface area contributed by atoms with Gasteiger partial charge in [-0.3, -0.25) is 19.2 Å². The van der Waals surface area contributed by atoms with Gasteiger partial charge in [-0.15, -0.1) is 0 Å². The fraction of sp³-hybridized carbons (Fsp3) is 0.500. The van der Waals surface area contributed by atoms with Crippen molar-refractivity contribution in [1.29, 1.82) is 0 Å². The van der Waals surface area contributed by atoms with Gasteiger partial charge in [-0.2, -0.15) is 0 Å². The molecule has 0 unspecified atom stereocenters. The zero-order valence-electron chi connectivity index (χ0n) is 32.2. The van der Waals surface area contributed by atoms with Crippen LogP contribution in [0.25, 0.3) is 10.9 Å². The SMILES string of the molecule is CC(C)C[C@@H](NC(=O)OC(C)(C)C)C(=O)N1CCC[C@H]1C(=O)N[C@H](C)C(=O)N[C@@H](Cc1c[nH]c2ccccc12)C(=O)N[C@H](C)C(=O)OCc1ccccc1. The Bertz CT molecular complexity index is 1790. The molecule has 292 valence electrons. The van der Waals surface area contributed by atoms with Crippen LogP contribution in [-0.2, 0) is 46.5 Å². The Morgan fingerprint density at radius 1 is 0.833 bits per heavy atom. The molecule has 5 atom stereocenters. The number of alkyl carbamates (subject to hydrolysis) is 1. The van der Waals surface area contributed by atoms with Crippen LogP contribution in [0.1, 0.15) is 78.9 Å². The van der Waals surface area contributed by atoms with Crippen LogP contribution in [-0.4, -0.2) is 87.9 Å². The Labute approximate surface area is 316 Å². The minimum absolute atomic E-state index is 0.0370. The molecular weight excluding hydrogens is 692 g/mol. The summed E-state index contributed by atoms with van der Waals surface area (Å²) in [7, 11) is 0. The van der Waals surface area contributed by atoms with E-state index in [9.17, 15) is 28.8 Å². The molecule has 1 aromatic heterocycles. The molecule has 5 N–H and O–H groups in total. The molecule has 0 saturated carbocycles. The van der Waals surface area contributed by atoms with Crippen molar-refractivity contribution >= 4 is 46.6 Å². The second-order valence-corrected chi connectivity index (χ2v) is 15.2. The van der Waals surface area contributed by atoms with Crippen molar-refractivity contribution in [2.45, 2.75) is 117 Å². The first-order chi connectivity index (χ1) is 25.5. The molecule has 4 rings (SSSR count). The summed E-state index contributed by atoms with van der Waals surface area (Å²) in [5.74, 6) is -2.77. The smallest absolute Gasteiger partial charge is 0.408 e. The number of esters is 1. The number of benzene rings is 2. The summed E-state index contributed by atoms with van der Waals surface area (Å²) in [4.78, 5) is 84.6. The lowest BCUT2D eigenvalue weighted by Crippen LogP contribution is -2.58. The number of aromatic nitrogens is 1. The van der Waals surface area contributed by atoms with Crippen molar-refractivity contribution in [3.63, 3.8) is 0 Å². The number of hydrogen-bond acceptors (Lipinski definition) is 8. The molecule has 14 nitrogen and oxygen atoms in total. The van der Waals surface area contributed by atoms with Crippen LogP contribution in [0.4, 0.5) is 4.79 Å². The first-order valence-electron chi connectivity index (χ1n) is 18.5. The number of para-hydroxylation sites is 1. The first kappa shape index (κ1) is 41.4. The lowest BCUT2D eigenvalue weighted by molar-refractivity contribution is -0.148. The molecular formula is C40H54N6O8. The van der Waals surface area contributed by atoms with Gasteiger partial charge in [0, 0.05) is 30.1 Å². The summed E-state index contributed by atoms with van der Waals surface area (Å²) in [6.45, 7) is 12.4. The highest BCUT2D eigenvalue weighted by molar-refractivity contribution is 5.96. The monoisotopic (exact) mass is 746 g/mol. The maximum atomic E-state index is 13.7. The van der Waals surface area contributed by atoms with Crippen LogP contribution in [0.5, 0.6) is 0 Å². The third-order valence-corrected chi connectivity index (χ3v) is 8.95. The molecule has 0 bridgehead atoms. The average molecular weight is 747 g/mol. The van der Waals surface area contributed by atoms with Crippen LogP contribution in [0.3, 0.4) is 0 Å². The number of aromatic amines is 1. The highest BCUT2D eigenvalue weighted by Gasteiger charge is 2.39. The Kier molecular flexibility index (Phi) is 14.2. The Morgan fingerprint density at radius 2 is 1.52 bits per heavy atom. The van der Waals surface area contributed by atoms with E-state index in [1.807, 2.05) is 68.4 Å². The van der Waals surface area contributed by atoms with Gasteiger partial charge in [0.25, 0.3) is 0 Å². The number of ether oxygens (including phenoxy) is 2. The Hall–Kier alpha value is -5.40. The number of nitrogens with zero attached hydrogens (tertiary/aromatic N) is 1. The topological polar surface area (TPSA) is 188 Å². The highest BCUT2D eigenvalue weighted by Crippen LogP contribution is 2.22. The number of rotatable bonds is 15. The van der Waals surface area contributed by atoms with Crippen LogP contribution in [0.2, 0.25) is 0 Å². The summed E-state index contributed by atoms with van der Waals surface area (Å²) < 4.78 is 10.8. The van der Waals surface area contributed by atoms with E-state index in [0.717, 1.165) is 22.0 Å². The molecule has 0 aliphatic carbocycles. The summed E-state index contributed by atoms with van der Waals surface area (Å²) in [6, 6.07) is 11.7. The van der Waals surface area contributed by atoms with Gasteiger partial charge < -0.3 is 40.6 Å². The fourth-order valence-electron chi connectivity index (χ4n) is 6.27. The highest BCUT2D eigenvalue weighted by atomic mass is 16.6. The van der Waals surface area contributed by atoms with Crippen molar-refractivity contribution in [1.82, 2.24) is 31.2 Å². The van der Waals surface area contributed by atoms with E-state index in [-0.39, 0.29) is 18.9 Å². The third kappa shape index (κ3) is 11.8. The number of fused-ring (bicyclic) bond motifs is 1. The summed E-state index contributed by atoms with van der Waals surface area (Å²) in [5, 5.41) is 11.7. The second-order valence-electron chi connectivity index (χ2n) is 15.2. The quantitative estimate of drug-likeness (QED) is 0.145. The van der Waals surface area contributed by atoms with E-state index >= 15 is 0 Å². The van der Waals surface area contributed by atoms with Crippen LogP contribution < -0.4 is 21.3 Å². The molecule has 0 spiro atoms. The molecule has 54 heavy (non-hydrogen) atoms. The average Bonchev–Trinajstić information content (AvgIpc) is 3.77. The molecule has 5 amide bonds. The molecule has 1 aliphatic rings. The largest absolute Gasteiger partial charge is 0.459 e. The van der Waals surface area contributed by atoms with Crippen molar-refractivity contribution in [2.75, 3.05) is 6.54 Å². The number of hydrogen-bond donors (Lipinski definition) is 5. The molecule has 2 aromatic carbocycles. The van der Waals surface area contributed by atoms with Gasteiger partial charge in [0.05, 0.1) is 0 Å². The predicted octanol–water partition coefficient (Wildman–Crippen LogP) is 3.88. The summed E-state index contributed by atoms with van der Waals surface area (Å²) >= 11 is 0. The molecule has 1 saturated heterocycles. The fourth-order valence-corrected chi connectivity index (χ4v) is 6.27. The zero-order valence-corrected chi connectivity index (χ0v) is 32.2. The maximum absolute atomic E-state index is 13.7. The van der Waals surface area contributed by atoms with Crippen molar-refractivity contribution in [2.24, 2.45) is 5.92 Å². The minimum atomic E-state index is -1.12. The van der Waals surface area contributed by atoms with Gasteiger partial charge in [0.15, 0.2) is 0 Å². The number of nitrogens with one attached hydrogen (secondary N) is 5. The number of carbonyl (C=O) groups is 6. The lowest BCUT2D eigenvalue weighted by atomic mass is 10.0. The minimum Gasteiger partial charge on any atom is -0.459 e. The molecule has 2 heterocycles. The van der Waals surface area contributed by atoms with Gasteiger partial charge in [-0.1, -0.05) is 62.4 Å². The Morgan fingerprint density at radius 3 is 2.20 bits per heavy atom. The van der Waals surface area contributed by atoms with Crippen LogP contribution in [0, 0.1) is 5.92 Å². The molecule has 1 fully saturated rings. The number of likely N-dealkylation sites (tertiary alicyclic amines) is 1. The van der Waals surface area contributed by atoms with E-state index in [2.05, 4.69) is 26.3 Å². The van der Waals surface area contributed by atoms with Crippen LogP contribution in [0.15, 0.2) is 60.8 Å². The maximum Gasteiger partial charge on any atom is 0.408 e. The van der Waals surface area contributed by atoms with Crippen LogP contribution >= 0.6 is 0 Å². The van der Waals surface area contributed by atoms with Gasteiger partial charge in [0.1, 0.15) is 42.4 Å². The van der Waals surface area contributed by atoms with E-state index < -0.39 is 71.5 Å². The van der Waals surface area contributed by atoms with E-state index in [4.69, 9.17) is 9.47 Å². The van der Waals surface area contributed by atoms with Crippen molar-refractivity contribution < 1.29 is 38.2 Å². The second kappa shape index (κ2) is 18.6. The summed E-state index contributed by atoms with van der Waals surface area (Å²) in [6.07, 6.45) is 2.39. The lowest BCUT2D eigenvalue weighted by Gasteiger charge is -2.30. The van der Waals surface area contributed by atoms with E-state index in [0.29, 0.717) is 25.8 Å². The first-order valence-corrected chi connectivity index (χ1v) is 18.5. The molecule has 0 radical (unpaired) electrons. The Balaban J connectivity index is 1.43. The van der Waals surface area contributed by atoms with Gasteiger partial charge >= 0.3 is 12.1 Å². The number of carbonyl (C=O) groups excluding carboxylic acids is 6. The van der Waals surface area contributed by atoms with Gasteiger partial charge in [0.2, 0.25) is 23.6 Å². The standard InChI is InChI=1S/C40H54N6O8/c1-24(2)20-32(45-39(52)54-40(5,6)7)37(50)46-19-13-18-33(46)36(49)42-25(3)34(47)44-31(21-28-22-41-30-17-12-11-16-29(28)30)35(48)43-26(4)38(51)53-23-27-14-9-8-10-15-27/h8-12,14-17,22,24-26,31-33,41H,13,18-21,23H2,1-7H3,(H,42,49)(H,43,48)(H,44,47)(H,45,52)/t25-,26-,31+,32-,33+/m1/s1. The summed E-state index contributed by atoms with van der Waals surface area (Å²) in [5.41, 5.74) is 1.65. The van der Waals surface area contributed by atoms with Crippen molar-refractivity contribution in [3.05, 3.63) is 71.9 Å². The van der Waals surface area contributed by atoms with Crippen molar-refractivity contribution in [3.8, 4) is 0 Å².